The summed E-state index contributed by atoms with van der Waals surface area (Å²) in [6.45, 7) is 0.504. The van der Waals surface area contributed by atoms with E-state index in [1.54, 1.807) is 6.07 Å². The highest BCUT2D eigenvalue weighted by Gasteiger charge is 2.35. The lowest BCUT2D eigenvalue weighted by atomic mass is 10.2. The predicted octanol–water partition coefficient (Wildman–Crippen LogP) is 0.572. The summed E-state index contributed by atoms with van der Waals surface area (Å²) in [5.74, 6) is -1.97. The maximum absolute atomic E-state index is 12.3. The Morgan fingerprint density at radius 3 is 2.22 bits per heavy atom. The van der Waals surface area contributed by atoms with Crippen molar-refractivity contribution in [2.45, 2.75) is 18.2 Å². The van der Waals surface area contributed by atoms with Gasteiger partial charge in [-0.3, -0.25) is 14.1 Å². The summed E-state index contributed by atoms with van der Waals surface area (Å²) in [6.07, 6.45) is -0.263. The van der Waals surface area contributed by atoms with Gasteiger partial charge in [0.05, 0.1) is 12.3 Å². The van der Waals surface area contributed by atoms with Crippen LogP contribution in [0.25, 0.3) is 0 Å². The number of benzene rings is 1. The first-order chi connectivity index (χ1) is 10.5. The van der Waals surface area contributed by atoms with Gasteiger partial charge < -0.3 is 0 Å². The fourth-order valence-electron chi connectivity index (χ4n) is 1.64. The third kappa shape index (κ3) is 5.03. The Hall–Kier alpha value is -1.43. The molecule has 0 unspecified atom stereocenters. The van der Waals surface area contributed by atoms with Gasteiger partial charge in [0.15, 0.2) is 0 Å². The second-order valence-corrected chi connectivity index (χ2v) is 8.23. The van der Waals surface area contributed by atoms with E-state index in [-0.39, 0.29) is 21.2 Å². The van der Waals surface area contributed by atoms with E-state index in [4.69, 9.17) is 4.55 Å². The zero-order valence-corrected chi connectivity index (χ0v) is 14.6. The normalized spacial score (nSPS) is 12.0. The highest BCUT2D eigenvalue weighted by Crippen LogP contribution is 2.19. The number of carbonyl (C=O) groups excluding carboxylic acids is 2. The van der Waals surface area contributed by atoms with Crippen molar-refractivity contribution in [2.24, 2.45) is 0 Å². The number of amides is 1. The van der Waals surface area contributed by atoms with Crippen LogP contribution in [0.1, 0.15) is 23.7 Å². The quantitative estimate of drug-likeness (QED) is 0.564. The molecule has 0 bridgehead atoms. The Morgan fingerprint density at radius 1 is 1.17 bits per heavy atom. The number of nitrogens with zero attached hydrogens (tertiary/aromatic N) is 1. The van der Waals surface area contributed by atoms with Crippen molar-refractivity contribution in [1.29, 1.82) is 0 Å². The highest BCUT2D eigenvalue weighted by molar-refractivity contribution is 8.05. The smallest absolute Gasteiger partial charge is 0.285 e. The van der Waals surface area contributed by atoms with Crippen molar-refractivity contribution in [1.82, 2.24) is 4.31 Å². The van der Waals surface area contributed by atoms with Gasteiger partial charge in [0.25, 0.3) is 15.2 Å². The lowest BCUT2D eigenvalue weighted by Crippen LogP contribution is -2.43. The molecule has 0 fully saturated rings. The number of hydrogen-bond donors (Lipinski definition) is 2. The van der Waals surface area contributed by atoms with Crippen molar-refractivity contribution in [3.63, 3.8) is 0 Å². The maximum atomic E-state index is 12.3. The second kappa shape index (κ2) is 7.43. The number of sulfonamides is 1. The van der Waals surface area contributed by atoms with E-state index < -0.39 is 43.5 Å². The number of hydrogen-bond acceptors (Lipinski definition) is 7. The molecule has 0 aliphatic carbocycles. The van der Waals surface area contributed by atoms with Crippen molar-refractivity contribution in [2.75, 3.05) is 12.3 Å². The van der Waals surface area contributed by atoms with Gasteiger partial charge in [-0.05, 0) is 12.1 Å². The van der Waals surface area contributed by atoms with Crippen molar-refractivity contribution in [3.8, 4) is 0 Å². The molecule has 1 amide bonds. The third-order valence-electron chi connectivity index (χ3n) is 2.78. The number of carbonyl (C=O) groups is 2. The molecule has 23 heavy (non-hydrogen) atoms. The van der Waals surface area contributed by atoms with Crippen LogP contribution >= 0.6 is 12.6 Å². The average molecular weight is 381 g/mol. The lowest BCUT2D eigenvalue weighted by Gasteiger charge is -2.20. The van der Waals surface area contributed by atoms with Gasteiger partial charge in [0.1, 0.15) is 0 Å². The summed E-state index contributed by atoms with van der Waals surface area (Å²) in [5, 5.41) is -1.37. The third-order valence-corrected chi connectivity index (χ3v) is 5.52. The molecule has 11 heteroatoms. The first-order valence-corrected chi connectivity index (χ1v) is 9.83. The number of thiol groups is 1. The molecule has 0 heterocycles. The first kappa shape index (κ1) is 19.6. The molecule has 0 atom stereocenters. The van der Waals surface area contributed by atoms with Crippen molar-refractivity contribution < 1.29 is 31.0 Å². The summed E-state index contributed by atoms with van der Waals surface area (Å²) in [5.41, 5.74) is -0.239. The minimum Gasteiger partial charge on any atom is -0.285 e. The Labute approximate surface area is 139 Å². The van der Waals surface area contributed by atoms with E-state index in [2.05, 4.69) is 12.6 Å². The van der Waals surface area contributed by atoms with E-state index in [0.717, 1.165) is 0 Å². The van der Waals surface area contributed by atoms with Gasteiger partial charge in [-0.1, -0.05) is 19.1 Å². The standard InChI is InChI=1S/C12H15NO7S3/c1-2-11(14)13(7-8-22(16,17)18)23(19,20)12(15)9-5-3-4-6-10(9)21/h3-6,21H,2,7-8H2,1H3,(H,16,17,18). The fraction of sp³-hybridized carbons (Fsp3) is 0.333. The Bertz CT molecular complexity index is 815. The molecule has 8 nitrogen and oxygen atoms in total. The first-order valence-electron chi connectivity index (χ1n) is 6.33. The van der Waals surface area contributed by atoms with E-state index in [9.17, 15) is 26.4 Å². The molecule has 0 aliphatic heterocycles. The fourth-order valence-corrected chi connectivity index (χ4v) is 3.89. The van der Waals surface area contributed by atoms with E-state index in [1.807, 2.05) is 0 Å². The monoisotopic (exact) mass is 381 g/mol. The SMILES string of the molecule is CCC(=O)N(CCS(=O)(=O)O)S(=O)(=O)C(=O)c1ccccc1S. The van der Waals surface area contributed by atoms with Crippen LogP contribution in [0.5, 0.6) is 0 Å². The van der Waals surface area contributed by atoms with E-state index in [0.29, 0.717) is 0 Å². The zero-order valence-electron chi connectivity index (χ0n) is 12.0. The highest BCUT2D eigenvalue weighted by atomic mass is 32.2. The van der Waals surface area contributed by atoms with Crippen LogP contribution in [-0.2, 0) is 24.9 Å². The molecule has 1 rings (SSSR count). The van der Waals surface area contributed by atoms with Crippen LogP contribution < -0.4 is 0 Å². The van der Waals surface area contributed by atoms with Gasteiger partial charge in [-0.15, -0.1) is 12.6 Å². The Balaban J connectivity index is 3.25. The topological polar surface area (TPSA) is 126 Å². The molecular weight excluding hydrogens is 366 g/mol. The maximum Gasteiger partial charge on any atom is 0.305 e. The molecule has 0 aromatic heterocycles. The van der Waals surface area contributed by atoms with Gasteiger partial charge in [0.2, 0.25) is 5.91 Å². The van der Waals surface area contributed by atoms with Crippen molar-refractivity contribution in [3.05, 3.63) is 29.8 Å². The molecule has 128 valence electrons. The molecule has 0 radical (unpaired) electrons. The minimum atomic E-state index is -4.79. The number of rotatable bonds is 5. The molecule has 1 aromatic carbocycles. The summed E-state index contributed by atoms with van der Waals surface area (Å²) in [7, 11) is -9.29. The lowest BCUT2D eigenvalue weighted by molar-refractivity contribution is -0.125. The second-order valence-electron chi connectivity index (χ2n) is 4.42. The Morgan fingerprint density at radius 2 is 1.74 bits per heavy atom. The summed E-state index contributed by atoms with van der Waals surface area (Å²) < 4.78 is 55.2. The summed E-state index contributed by atoms with van der Waals surface area (Å²) >= 11 is 3.99. The predicted molar refractivity (Wildman–Crippen MR) is 85.4 cm³/mol. The largest absolute Gasteiger partial charge is 0.305 e. The van der Waals surface area contributed by atoms with Gasteiger partial charge in [-0.25, -0.2) is 4.31 Å². The average Bonchev–Trinajstić information content (AvgIpc) is 2.45. The Kier molecular flexibility index (Phi) is 6.33. The molecule has 0 saturated heterocycles. The van der Waals surface area contributed by atoms with Crippen LogP contribution in [-0.4, -0.2) is 49.0 Å². The van der Waals surface area contributed by atoms with Crippen LogP contribution in [0.2, 0.25) is 0 Å². The van der Waals surface area contributed by atoms with Crippen LogP contribution in [0.4, 0.5) is 0 Å². The zero-order chi connectivity index (χ0) is 17.8. The van der Waals surface area contributed by atoms with Crippen molar-refractivity contribution >= 4 is 43.8 Å². The summed E-state index contributed by atoms with van der Waals surface area (Å²) in [6, 6.07) is 5.58. The van der Waals surface area contributed by atoms with E-state index in [1.165, 1.54) is 25.1 Å². The minimum absolute atomic E-state index is 0.0970. The van der Waals surface area contributed by atoms with Crippen LogP contribution in [0.15, 0.2) is 29.2 Å². The molecule has 0 saturated carbocycles. The molecule has 1 N–H and O–H groups in total. The van der Waals surface area contributed by atoms with Gasteiger partial charge >= 0.3 is 10.0 Å². The van der Waals surface area contributed by atoms with Crippen LogP contribution in [0, 0.1) is 0 Å². The van der Waals surface area contributed by atoms with Gasteiger partial charge in [0, 0.05) is 16.9 Å². The van der Waals surface area contributed by atoms with Gasteiger partial charge in [-0.2, -0.15) is 16.8 Å². The summed E-state index contributed by atoms with van der Waals surface area (Å²) in [4.78, 5) is 24.1. The molecule has 0 aliphatic rings. The van der Waals surface area contributed by atoms with Crippen LogP contribution in [0.3, 0.4) is 0 Å². The molecule has 1 aromatic rings. The molecular formula is C12H15NO7S3. The molecule has 0 spiro atoms. The van der Waals surface area contributed by atoms with E-state index >= 15 is 0 Å².